The lowest BCUT2D eigenvalue weighted by Crippen LogP contribution is -2.40. The molecule has 2 aliphatic heterocycles. The molecule has 2 atom stereocenters. The van der Waals surface area contributed by atoms with Crippen molar-refractivity contribution in [2.45, 2.75) is 18.9 Å². The number of methoxy groups -OCH3 is 1. The Kier molecular flexibility index (Phi) is 3.42. The van der Waals surface area contributed by atoms with E-state index in [-0.39, 0.29) is 17.9 Å². The number of benzene rings is 1. The van der Waals surface area contributed by atoms with Crippen molar-refractivity contribution in [3.05, 3.63) is 29.8 Å². The van der Waals surface area contributed by atoms with E-state index in [1.165, 1.54) is 0 Å². The SMILES string of the molecule is CO[C@@H]1CCN(C(=O)[C@H]2COc3ccccc3C2)C1. The number of carbonyl (C=O) groups excluding carboxylic acids is 1. The van der Waals surface area contributed by atoms with Gasteiger partial charge in [0.25, 0.3) is 0 Å². The Hall–Kier alpha value is -1.55. The zero-order chi connectivity index (χ0) is 13.2. The summed E-state index contributed by atoms with van der Waals surface area (Å²) >= 11 is 0. The Morgan fingerprint density at radius 1 is 1.42 bits per heavy atom. The smallest absolute Gasteiger partial charge is 0.229 e. The van der Waals surface area contributed by atoms with Crippen LogP contribution in [0.15, 0.2) is 24.3 Å². The van der Waals surface area contributed by atoms with Gasteiger partial charge in [-0.1, -0.05) is 18.2 Å². The molecule has 0 bridgehead atoms. The van der Waals surface area contributed by atoms with E-state index in [1.807, 2.05) is 29.2 Å². The van der Waals surface area contributed by atoms with Crippen LogP contribution in [-0.2, 0) is 16.0 Å². The monoisotopic (exact) mass is 261 g/mol. The first-order valence-corrected chi connectivity index (χ1v) is 6.80. The Bertz CT molecular complexity index is 474. The highest BCUT2D eigenvalue weighted by molar-refractivity contribution is 5.80. The summed E-state index contributed by atoms with van der Waals surface area (Å²) < 4.78 is 11.0. The Morgan fingerprint density at radius 2 is 2.26 bits per heavy atom. The minimum Gasteiger partial charge on any atom is -0.492 e. The maximum Gasteiger partial charge on any atom is 0.229 e. The average Bonchev–Trinajstić information content (AvgIpc) is 2.95. The largest absolute Gasteiger partial charge is 0.492 e. The second-order valence-electron chi connectivity index (χ2n) is 5.25. The normalized spacial score (nSPS) is 25.8. The summed E-state index contributed by atoms with van der Waals surface area (Å²) in [4.78, 5) is 14.4. The molecule has 0 N–H and O–H groups in total. The van der Waals surface area contributed by atoms with Gasteiger partial charge in [-0.2, -0.15) is 0 Å². The van der Waals surface area contributed by atoms with Gasteiger partial charge in [0.2, 0.25) is 5.91 Å². The van der Waals surface area contributed by atoms with E-state index in [2.05, 4.69) is 0 Å². The first-order valence-electron chi connectivity index (χ1n) is 6.80. The number of fused-ring (bicyclic) bond motifs is 1. The van der Waals surface area contributed by atoms with Crippen LogP contribution in [0, 0.1) is 5.92 Å². The second-order valence-corrected chi connectivity index (χ2v) is 5.25. The van der Waals surface area contributed by atoms with Crippen molar-refractivity contribution in [3.8, 4) is 5.75 Å². The third kappa shape index (κ3) is 2.45. The number of rotatable bonds is 2. The van der Waals surface area contributed by atoms with Crippen LogP contribution in [0.4, 0.5) is 0 Å². The van der Waals surface area contributed by atoms with Crippen molar-refractivity contribution in [1.29, 1.82) is 0 Å². The Labute approximate surface area is 113 Å². The summed E-state index contributed by atoms with van der Waals surface area (Å²) in [5.41, 5.74) is 1.13. The molecule has 1 saturated heterocycles. The van der Waals surface area contributed by atoms with Gasteiger partial charge in [-0.05, 0) is 24.5 Å². The van der Waals surface area contributed by atoms with Gasteiger partial charge in [0.05, 0.1) is 12.0 Å². The lowest BCUT2D eigenvalue weighted by atomic mass is 9.95. The van der Waals surface area contributed by atoms with Crippen LogP contribution >= 0.6 is 0 Å². The standard InChI is InChI=1S/C15H19NO3/c1-18-13-6-7-16(9-13)15(17)12-8-11-4-2-3-5-14(11)19-10-12/h2-5,12-13H,6-10H2,1H3/t12-,13-/m1/s1. The number of likely N-dealkylation sites (tertiary alicyclic amines) is 1. The molecular weight excluding hydrogens is 242 g/mol. The van der Waals surface area contributed by atoms with Gasteiger partial charge in [0, 0.05) is 20.2 Å². The molecule has 0 saturated carbocycles. The molecule has 2 heterocycles. The Morgan fingerprint density at radius 3 is 3.05 bits per heavy atom. The van der Waals surface area contributed by atoms with E-state index in [9.17, 15) is 4.79 Å². The van der Waals surface area contributed by atoms with Gasteiger partial charge in [-0.3, -0.25) is 4.79 Å². The number of ether oxygens (including phenoxy) is 2. The lowest BCUT2D eigenvalue weighted by Gasteiger charge is -2.28. The fraction of sp³-hybridized carbons (Fsp3) is 0.533. The number of hydrogen-bond donors (Lipinski definition) is 0. The van der Waals surface area contributed by atoms with Crippen molar-refractivity contribution in [3.63, 3.8) is 0 Å². The molecule has 0 radical (unpaired) electrons. The molecule has 4 nitrogen and oxygen atoms in total. The number of para-hydroxylation sites is 1. The third-order valence-corrected chi connectivity index (χ3v) is 4.02. The summed E-state index contributed by atoms with van der Waals surface area (Å²) in [5.74, 6) is 1.07. The fourth-order valence-electron chi connectivity index (χ4n) is 2.87. The fourth-order valence-corrected chi connectivity index (χ4v) is 2.87. The van der Waals surface area contributed by atoms with Gasteiger partial charge in [0.15, 0.2) is 0 Å². The molecule has 1 aromatic carbocycles. The lowest BCUT2D eigenvalue weighted by molar-refractivity contribution is -0.136. The highest BCUT2D eigenvalue weighted by Gasteiger charge is 2.33. The van der Waals surface area contributed by atoms with Crippen LogP contribution in [0.1, 0.15) is 12.0 Å². The summed E-state index contributed by atoms with van der Waals surface area (Å²) in [7, 11) is 1.71. The minimum atomic E-state index is -0.0505. The molecule has 1 aromatic rings. The van der Waals surface area contributed by atoms with Crippen molar-refractivity contribution in [2.24, 2.45) is 5.92 Å². The second kappa shape index (κ2) is 5.21. The van der Waals surface area contributed by atoms with Crippen LogP contribution < -0.4 is 4.74 Å². The Balaban J connectivity index is 1.66. The van der Waals surface area contributed by atoms with Crippen molar-refractivity contribution >= 4 is 5.91 Å². The van der Waals surface area contributed by atoms with Crippen LogP contribution in [0.3, 0.4) is 0 Å². The van der Waals surface area contributed by atoms with E-state index in [0.29, 0.717) is 13.2 Å². The van der Waals surface area contributed by atoms with Gasteiger partial charge >= 0.3 is 0 Å². The van der Waals surface area contributed by atoms with Crippen LogP contribution in [-0.4, -0.2) is 43.7 Å². The molecule has 19 heavy (non-hydrogen) atoms. The molecule has 0 aromatic heterocycles. The summed E-state index contributed by atoms with van der Waals surface area (Å²) in [6, 6.07) is 7.96. The van der Waals surface area contributed by atoms with Gasteiger partial charge in [-0.25, -0.2) is 0 Å². The highest BCUT2D eigenvalue weighted by atomic mass is 16.5. The van der Waals surface area contributed by atoms with Crippen LogP contribution in [0.25, 0.3) is 0 Å². The minimum absolute atomic E-state index is 0.0505. The number of amides is 1. The molecule has 4 heteroatoms. The number of hydrogen-bond acceptors (Lipinski definition) is 3. The zero-order valence-electron chi connectivity index (χ0n) is 11.2. The van der Waals surface area contributed by atoms with E-state index in [0.717, 1.165) is 30.7 Å². The van der Waals surface area contributed by atoms with Gasteiger partial charge < -0.3 is 14.4 Å². The molecule has 1 fully saturated rings. The number of nitrogens with zero attached hydrogens (tertiary/aromatic N) is 1. The van der Waals surface area contributed by atoms with E-state index in [4.69, 9.17) is 9.47 Å². The van der Waals surface area contributed by atoms with Gasteiger partial charge in [-0.15, -0.1) is 0 Å². The predicted octanol–water partition coefficient (Wildman–Crippen LogP) is 1.48. The third-order valence-electron chi connectivity index (χ3n) is 4.02. The maximum absolute atomic E-state index is 12.5. The predicted molar refractivity (Wildman–Crippen MR) is 71.1 cm³/mol. The first kappa shape index (κ1) is 12.5. The number of carbonyl (C=O) groups is 1. The summed E-state index contributed by atoms with van der Waals surface area (Å²) in [5, 5.41) is 0. The molecule has 0 spiro atoms. The van der Waals surface area contributed by atoms with E-state index < -0.39 is 0 Å². The molecule has 3 rings (SSSR count). The van der Waals surface area contributed by atoms with Crippen LogP contribution in [0.2, 0.25) is 0 Å². The first-order chi connectivity index (χ1) is 9.28. The van der Waals surface area contributed by atoms with E-state index >= 15 is 0 Å². The topological polar surface area (TPSA) is 38.8 Å². The van der Waals surface area contributed by atoms with Gasteiger partial charge in [0.1, 0.15) is 12.4 Å². The van der Waals surface area contributed by atoms with Crippen molar-refractivity contribution < 1.29 is 14.3 Å². The molecule has 102 valence electrons. The molecule has 1 amide bonds. The van der Waals surface area contributed by atoms with Crippen molar-refractivity contribution in [1.82, 2.24) is 4.90 Å². The van der Waals surface area contributed by atoms with Crippen molar-refractivity contribution in [2.75, 3.05) is 26.8 Å². The quantitative estimate of drug-likeness (QED) is 0.809. The molecule has 0 aliphatic carbocycles. The highest BCUT2D eigenvalue weighted by Crippen LogP contribution is 2.28. The molecule has 0 unspecified atom stereocenters. The molecular formula is C15H19NO3. The summed E-state index contributed by atoms with van der Waals surface area (Å²) in [6.45, 7) is 2.01. The zero-order valence-corrected chi connectivity index (χ0v) is 11.2. The molecule has 2 aliphatic rings. The van der Waals surface area contributed by atoms with Crippen LogP contribution in [0.5, 0.6) is 5.75 Å². The summed E-state index contributed by atoms with van der Waals surface area (Å²) in [6.07, 6.45) is 1.91. The average molecular weight is 261 g/mol. The van der Waals surface area contributed by atoms with E-state index in [1.54, 1.807) is 7.11 Å². The maximum atomic E-state index is 12.5.